The average Bonchev–Trinajstić information content (AvgIpc) is 2.88. The Kier molecular flexibility index (Phi) is 4.78. The fraction of sp³-hybridized carbons (Fsp3) is 1.00. The van der Waals surface area contributed by atoms with Crippen LogP contribution in [0.2, 0.25) is 0 Å². The summed E-state index contributed by atoms with van der Waals surface area (Å²) in [7, 11) is 0. The number of hydrogen-bond donors (Lipinski definition) is 2. The predicted octanol–water partition coefficient (Wildman–Crippen LogP) is 2.31. The number of hydrogen-bond acceptors (Lipinski definition) is 3. The molecule has 3 rings (SSSR count). The summed E-state index contributed by atoms with van der Waals surface area (Å²) in [6, 6.07) is 2.10. The van der Waals surface area contributed by atoms with Crippen LogP contribution in [-0.2, 0) is 4.74 Å². The van der Waals surface area contributed by atoms with Gasteiger partial charge in [0.1, 0.15) is 0 Å². The molecule has 3 fully saturated rings. The van der Waals surface area contributed by atoms with Crippen LogP contribution < -0.4 is 10.6 Å². The summed E-state index contributed by atoms with van der Waals surface area (Å²) in [5, 5.41) is 7.67. The average molecular weight is 266 g/mol. The highest BCUT2D eigenvalue weighted by Gasteiger charge is 2.36. The van der Waals surface area contributed by atoms with Gasteiger partial charge in [0.15, 0.2) is 0 Å². The highest BCUT2D eigenvalue weighted by molar-refractivity contribution is 4.94. The first-order valence-corrected chi connectivity index (χ1v) is 8.40. The molecule has 0 aromatic carbocycles. The lowest BCUT2D eigenvalue weighted by molar-refractivity contribution is 0.0509. The van der Waals surface area contributed by atoms with E-state index in [2.05, 4.69) is 17.6 Å². The van der Waals surface area contributed by atoms with E-state index in [0.29, 0.717) is 6.04 Å². The number of nitrogens with one attached hydrogen (secondary N) is 2. The summed E-state index contributed by atoms with van der Waals surface area (Å²) in [4.78, 5) is 0. The van der Waals surface area contributed by atoms with Crippen LogP contribution >= 0.6 is 0 Å². The zero-order valence-corrected chi connectivity index (χ0v) is 12.4. The van der Waals surface area contributed by atoms with E-state index in [9.17, 15) is 0 Å². The normalized spacial score (nSPS) is 44.4. The third-order valence-electron chi connectivity index (χ3n) is 5.42. The summed E-state index contributed by atoms with van der Waals surface area (Å²) in [6.45, 7) is 5.26. The van der Waals surface area contributed by atoms with E-state index in [-0.39, 0.29) is 0 Å². The second-order valence-corrected chi connectivity index (χ2v) is 6.97. The van der Waals surface area contributed by atoms with Crippen LogP contribution in [0.25, 0.3) is 0 Å². The van der Waals surface area contributed by atoms with E-state index in [4.69, 9.17) is 4.74 Å². The second-order valence-electron chi connectivity index (χ2n) is 6.97. The number of ether oxygens (including phenoxy) is 1. The molecule has 0 spiro atoms. The summed E-state index contributed by atoms with van der Waals surface area (Å²) in [5.74, 6) is 1.71. The maximum absolute atomic E-state index is 5.66. The molecule has 5 unspecified atom stereocenters. The summed E-state index contributed by atoms with van der Waals surface area (Å²) in [6.07, 6.45) is 9.77. The van der Waals surface area contributed by atoms with Gasteiger partial charge in [0.05, 0.1) is 13.2 Å². The van der Waals surface area contributed by atoms with E-state index in [1.807, 2.05) is 0 Å². The molecule has 2 saturated carbocycles. The molecule has 0 bridgehead atoms. The molecule has 2 aliphatic carbocycles. The highest BCUT2D eigenvalue weighted by Crippen LogP contribution is 2.32. The van der Waals surface area contributed by atoms with Gasteiger partial charge < -0.3 is 15.4 Å². The summed E-state index contributed by atoms with van der Waals surface area (Å²) < 4.78 is 5.66. The van der Waals surface area contributed by atoms with Crippen molar-refractivity contribution in [3.05, 3.63) is 0 Å². The van der Waals surface area contributed by atoms with E-state index < -0.39 is 0 Å². The molecule has 1 aliphatic heterocycles. The third kappa shape index (κ3) is 3.50. The largest absolute Gasteiger partial charge is 0.379 e. The van der Waals surface area contributed by atoms with E-state index in [1.54, 1.807) is 0 Å². The molecule has 0 aromatic rings. The summed E-state index contributed by atoms with van der Waals surface area (Å²) in [5.41, 5.74) is 0. The van der Waals surface area contributed by atoms with Crippen molar-refractivity contribution in [3.63, 3.8) is 0 Å². The summed E-state index contributed by atoms with van der Waals surface area (Å²) >= 11 is 0. The Morgan fingerprint density at radius 3 is 2.79 bits per heavy atom. The topological polar surface area (TPSA) is 33.3 Å². The van der Waals surface area contributed by atoms with E-state index in [0.717, 1.165) is 43.7 Å². The smallest absolute Gasteiger partial charge is 0.0623 e. The fourth-order valence-electron chi connectivity index (χ4n) is 4.43. The van der Waals surface area contributed by atoms with Gasteiger partial charge in [0.2, 0.25) is 0 Å². The molecular weight excluding hydrogens is 236 g/mol. The molecule has 3 heteroatoms. The molecule has 5 atom stereocenters. The molecule has 0 amide bonds. The van der Waals surface area contributed by atoms with Gasteiger partial charge in [-0.25, -0.2) is 0 Å². The van der Waals surface area contributed by atoms with Gasteiger partial charge >= 0.3 is 0 Å². The molecule has 3 aliphatic rings. The molecule has 0 radical (unpaired) electrons. The van der Waals surface area contributed by atoms with Crippen molar-refractivity contribution in [2.24, 2.45) is 11.8 Å². The Labute approximate surface area is 117 Å². The van der Waals surface area contributed by atoms with Crippen molar-refractivity contribution in [2.75, 3.05) is 19.8 Å². The first-order valence-electron chi connectivity index (χ1n) is 8.40. The minimum Gasteiger partial charge on any atom is -0.379 e. The van der Waals surface area contributed by atoms with Crippen LogP contribution in [0.3, 0.4) is 0 Å². The van der Waals surface area contributed by atoms with Crippen molar-refractivity contribution in [3.8, 4) is 0 Å². The fourth-order valence-corrected chi connectivity index (χ4v) is 4.43. The Morgan fingerprint density at radius 2 is 2.00 bits per heavy atom. The van der Waals surface area contributed by atoms with Crippen LogP contribution in [0.15, 0.2) is 0 Å². The minimum absolute atomic E-state index is 0.592. The third-order valence-corrected chi connectivity index (χ3v) is 5.42. The van der Waals surface area contributed by atoms with Crippen LogP contribution in [0, 0.1) is 11.8 Å². The van der Waals surface area contributed by atoms with Crippen LogP contribution in [0.1, 0.15) is 51.9 Å². The van der Waals surface area contributed by atoms with Crippen LogP contribution in [-0.4, -0.2) is 37.9 Å². The van der Waals surface area contributed by atoms with Crippen molar-refractivity contribution >= 4 is 0 Å². The molecular formula is C16H30N2O. The Bertz CT molecular complexity index is 278. The molecule has 3 nitrogen and oxygen atoms in total. The molecule has 2 N–H and O–H groups in total. The van der Waals surface area contributed by atoms with Gasteiger partial charge in [-0.1, -0.05) is 26.2 Å². The lowest BCUT2D eigenvalue weighted by atomic mass is 9.85. The Balaban J connectivity index is 1.53. The van der Waals surface area contributed by atoms with Gasteiger partial charge in [-0.15, -0.1) is 0 Å². The van der Waals surface area contributed by atoms with Crippen LogP contribution in [0.4, 0.5) is 0 Å². The quantitative estimate of drug-likeness (QED) is 0.822. The van der Waals surface area contributed by atoms with E-state index >= 15 is 0 Å². The van der Waals surface area contributed by atoms with Crippen molar-refractivity contribution in [1.29, 1.82) is 0 Å². The van der Waals surface area contributed by atoms with Gasteiger partial charge in [0.25, 0.3) is 0 Å². The Hall–Kier alpha value is -0.120. The zero-order chi connectivity index (χ0) is 13.1. The van der Waals surface area contributed by atoms with Gasteiger partial charge in [-0.2, -0.15) is 0 Å². The lowest BCUT2D eigenvalue weighted by Gasteiger charge is -2.36. The standard InChI is InChI=1S/C16H30N2O/c1-12-4-2-5-13(10-12)18-15-7-3-6-14(15)16-11-19-9-8-17-16/h12-18H,2-11H2,1H3. The highest BCUT2D eigenvalue weighted by atomic mass is 16.5. The van der Waals surface area contributed by atoms with Gasteiger partial charge in [-0.05, 0) is 37.5 Å². The van der Waals surface area contributed by atoms with Gasteiger partial charge in [-0.3, -0.25) is 0 Å². The lowest BCUT2D eigenvalue weighted by Crippen LogP contribution is -2.52. The molecule has 0 aromatic heterocycles. The van der Waals surface area contributed by atoms with Crippen LogP contribution in [0.5, 0.6) is 0 Å². The minimum atomic E-state index is 0.592. The maximum Gasteiger partial charge on any atom is 0.0623 e. The molecule has 1 saturated heterocycles. The molecule has 110 valence electrons. The number of morpholine rings is 1. The number of rotatable bonds is 3. The first kappa shape index (κ1) is 13.8. The van der Waals surface area contributed by atoms with Gasteiger partial charge in [0, 0.05) is 24.7 Å². The zero-order valence-electron chi connectivity index (χ0n) is 12.4. The first-order chi connectivity index (χ1) is 9.33. The Morgan fingerprint density at radius 1 is 1.11 bits per heavy atom. The monoisotopic (exact) mass is 266 g/mol. The second kappa shape index (κ2) is 6.55. The molecule has 19 heavy (non-hydrogen) atoms. The molecule has 1 heterocycles. The van der Waals surface area contributed by atoms with Crippen molar-refractivity contribution < 1.29 is 4.74 Å². The predicted molar refractivity (Wildman–Crippen MR) is 78.3 cm³/mol. The SMILES string of the molecule is CC1CCCC(NC2CCCC2C2COCCN2)C1. The van der Waals surface area contributed by atoms with E-state index in [1.165, 1.54) is 44.9 Å². The maximum atomic E-state index is 5.66. The van der Waals surface area contributed by atoms with Crippen molar-refractivity contribution in [2.45, 2.75) is 70.0 Å². The van der Waals surface area contributed by atoms with Crippen molar-refractivity contribution in [1.82, 2.24) is 10.6 Å².